The monoisotopic (exact) mass is 298 g/mol. The van der Waals surface area contributed by atoms with Crippen molar-refractivity contribution < 1.29 is 14.3 Å². The Balaban J connectivity index is 1.97. The molecule has 0 bridgehead atoms. The van der Waals surface area contributed by atoms with Gasteiger partial charge in [-0.2, -0.15) is 0 Å². The van der Waals surface area contributed by atoms with Crippen LogP contribution in [0.1, 0.15) is 17.5 Å². The third kappa shape index (κ3) is 3.67. The van der Waals surface area contributed by atoms with E-state index in [-0.39, 0.29) is 5.91 Å². The highest BCUT2D eigenvalue weighted by molar-refractivity contribution is 7.15. The van der Waals surface area contributed by atoms with Crippen molar-refractivity contribution in [1.29, 1.82) is 0 Å². The second-order valence-electron chi connectivity index (χ2n) is 4.37. The standard InChI is InChI=1S/C12H18N4O3S/c1-3-19-12(18)15-11-14-8-4-5-16(6-9(8)20-11)7-10(17)13-2/h3-7H2,1-2H3,(H,13,17)(H,14,15,18). The summed E-state index contributed by atoms with van der Waals surface area (Å²) in [5.74, 6) is 0.00263. The van der Waals surface area contributed by atoms with E-state index >= 15 is 0 Å². The number of hydrogen-bond acceptors (Lipinski definition) is 6. The zero-order valence-electron chi connectivity index (χ0n) is 11.6. The van der Waals surface area contributed by atoms with Crippen molar-refractivity contribution in [3.8, 4) is 0 Å². The van der Waals surface area contributed by atoms with Crippen molar-refractivity contribution in [2.45, 2.75) is 19.9 Å². The first-order chi connectivity index (χ1) is 9.62. The number of fused-ring (bicyclic) bond motifs is 1. The molecule has 110 valence electrons. The van der Waals surface area contributed by atoms with Crippen molar-refractivity contribution in [3.05, 3.63) is 10.6 Å². The summed E-state index contributed by atoms with van der Waals surface area (Å²) in [5, 5.41) is 5.78. The number of aromatic nitrogens is 1. The van der Waals surface area contributed by atoms with Crippen molar-refractivity contribution in [3.63, 3.8) is 0 Å². The molecule has 8 heteroatoms. The lowest BCUT2D eigenvalue weighted by atomic mass is 10.2. The van der Waals surface area contributed by atoms with Crippen molar-refractivity contribution >= 4 is 28.5 Å². The van der Waals surface area contributed by atoms with Crippen LogP contribution in [0.2, 0.25) is 0 Å². The lowest BCUT2D eigenvalue weighted by molar-refractivity contribution is -0.121. The minimum atomic E-state index is -0.485. The summed E-state index contributed by atoms with van der Waals surface area (Å²) < 4.78 is 4.82. The average molecular weight is 298 g/mol. The van der Waals surface area contributed by atoms with Gasteiger partial charge in [-0.15, -0.1) is 0 Å². The van der Waals surface area contributed by atoms with Crippen LogP contribution in [-0.2, 0) is 22.5 Å². The first kappa shape index (κ1) is 14.7. The lowest BCUT2D eigenvalue weighted by Crippen LogP contribution is -2.38. The number of ether oxygens (including phenoxy) is 1. The largest absolute Gasteiger partial charge is 0.450 e. The summed E-state index contributed by atoms with van der Waals surface area (Å²) in [6.07, 6.45) is 0.300. The number of carbonyl (C=O) groups excluding carboxylic acids is 2. The third-order valence-corrected chi connectivity index (χ3v) is 3.94. The van der Waals surface area contributed by atoms with Gasteiger partial charge < -0.3 is 10.1 Å². The van der Waals surface area contributed by atoms with Gasteiger partial charge in [-0.05, 0) is 6.92 Å². The molecule has 0 atom stereocenters. The predicted octanol–water partition coefficient (Wildman–Crippen LogP) is 0.816. The Morgan fingerprint density at radius 1 is 1.50 bits per heavy atom. The zero-order valence-corrected chi connectivity index (χ0v) is 12.4. The maximum absolute atomic E-state index is 11.4. The maximum atomic E-state index is 11.4. The normalized spacial score (nSPS) is 14.5. The summed E-state index contributed by atoms with van der Waals surface area (Å²) >= 11 is 1.43. The molecule has 20 heavy (non-hydrogen) atoms. The fraction of sp³-hybridized carbons (Fsp3) is 0.583. The van der Waals surface area contributed by atoms with E-state index in [1.54, 1.807) is 14.0 Å². The number of amides is 2. The molecule has 1 aromatic rings. The third-order valence-electron chi connectivity index (χ3n) is 2.94. The molecule has 0 fully saturated rings. The average Bonchev–Trinajstić information content (AvgIpc) is 2.80. The predicted molar refractivity (Wildman–Crippen MR) is 75.8 cm³/mol. The highest BCUT2D eigenvalue weighted by Crippen LogP contribution is 2.28. The molecule has 0 saturated carbocycles. The first-order valence-electron chi connectivity index (χ1n) is 6.47. The van der Waals surface area contributed by atoms with Gasteiger partial charge in [-0.25, -0.2) is 9.78 Å². The molecule has 0 saturated heterocycles. The number of nitrogens with one attached hydrogen (secondary N) is 2. The number of likely N-dealkylation sites (N-methyl/N-ethyl adjacent to an activating group) is 1. The van der Waals surface area contributed by atoms with E-state index in [0.29, 0.717) is 24.8 Å². The van der Waals surface area contributed by atoms with Crippen LogP contribution in [0.4, 0.5) is 9.93 Å². The Hall–Kier alpha value is -1.67. The Morgan fingerprint density at radius 3 is 3.00 bits per heavy atom. The Morgan fingerprint density at radius 2 is 2.30 bits per heavy atom. The molecule has 2 heterocycles. The molecule has 7 nitrogen and oxygen atoms in total. The van der Waals surface area contributed by atoms with Gasteiger partial charge in [0.15, 0.2) is 5.13 Å². The van der Waals surface area contributed by atoms with Gasteiger partial charge in [0.2, 0.25) is 5.91 Å². The van der Waals surface area contributed by atoms with Crippen LogP contribution >= 0.6 is 11.3 Å². The Bertz CT molecular complexity index is 503. The van der Waals surface area contributed by atoms with Crippen molar-refractivity contribution in [2.24, 2.45) is 0 Å². The van der Waals surface area contributed by atoms with Gasteiger partial charge >= 0.3 is 6.09 Å². The van der Waals surface area contributed by atoms with Gasteiger partial charge in [-0.3, -0.25) is 15.0 Å². The van der Waals surface area contributed by atoms with Crippen LogP contribution in [0.15, 0.2) is 0 Å². The van der Waals surface area contributed by atoms with E-state index in [0.717, 1.165) is 23.5 Å². The van der Waals surface area contributed by atoms with Crippen LogP contribution in [0.25, 0.3) is 0 Å². The minimum absolute atomic E-state index is 0.00263. The highest BCUT2D eigenvalue weighted by atomic mass is 32.1. The number of carbonyl (C=O) groups is 2. The topological polar surface area (TPSA) is 83.6 Å². The molecule has 1 aromatic heterocycles. The Labute approximate surface area is 121 Å². The minimum Gasteiger partial charge on any atom is -0.450 e. The molecule has 0 radical (unpaired) electrons. The Kier molecular flexibility index (Phi) is 4.91. The number of thiazole rings is 1. The molecule has 2 N–H and O–H groups in total. The summed E-state index contributed by atoms with van der Waals surface area (Å²) in [4.78, 5) is 30.3. The van der Waals surface area contributed by atoms with Crippen LogP contribution in [0, 0.1) is 0 Å². The number of hydrogen-bond donors (Lipinski definition) is 2. The molecule has 2 rings (SSSR count). The second kappa shape index (κ2) is 6.67. The molecule has 0 spiro atoms. The van der Waals surface area contributed by atoms with E-state index in [2.05, 4.69) is 20.5 Å². The zero-order chi connectivity index (χ0) is 14.5. The molecule has 0 aromatic carbocycles. The second-order valence-corrected chi connectivity index (χ2v) is 5.45. The summed E-state index contributed by atoms with van der Waals surface area (Å²) in [6, 6.07) is 0. The van der Waals surface area contributed by atoms with Crippen molar-refractivity contribution in [1.82, 2.24) is 15.2 Å². The summed E-state index contributed by atoms with van der Waals surface area (Å²) in [6.45, 7) is 3.95. The fourth-order valence-electron chi connectivity index (χ4n) is 1.97. The maximum Gasteiger partial charge on any atom is 0.413 e. The molecule has 1 aliphatic rings. The van der Waals surface area contributed by atoms with E-state index in [1.807, 2.05) is 0 Å². The van der Waals surface area contributed by atoms with Gasteiger partial charge in [0.25, 0.3) is 0 Å². The van der Waals surface area contributed by atoms with Crippen LogP contribution in [0.5, 0.6) is 0 Å². The molecule has 0 unspecified atom stereocenters. The molecule has 0 aliphatic carbocycles. The first-order valence-corrected chi connectivity index (χ1v) is 7.29. The van der Waals surface area contributed by atoms with Gasteiger partial charge in [-0.1, -0.05) is 11.3 Å². The fourth-order valence-corrected chi connectivity index (χ4v) is 3.01. The number of nitrogens with zero attached hydrogens (tertiary/aromatic N) is 2. The molecular formula is C12H18N4O3S. The van der Waals surface area contributed by atoms with Gasteiger partial charge in [0, 0.05) is 31.4 Å². The highest BCUT2D eigenvalue weighted by Gasteiger charge is 2.22. The SMILES string of the molecule is CCOC(=O)Nc1nc2c(s1)CN(CC(=O)NC)CC2. The summed E-state index contributed by atoms with van der Waals surface area (Å²) in [7, 11) is 1.63. The lowest BCUT2D eigenvalue weighted by Gasteiger charge is -2.24. The molecular weight excluding hydrogens is 280 g/mol. The summed E-state index contributed by atoms with van der Waals surface area (Å²) in [5.41, 5.74) is 0.995. The van der Waals surface area contributed by atoms with E-state index in [1.165, 1.54) is 11.3 Å². The number of anilines is 1. The smallest absolute Gasteiger partial charge is 0.413 e. The van der Waals surface area contributed by atoms with Crippen LogP contribution in [0.3, 0.4) is 0 Å². The van der Waals surface area contributed by atoms with Gasteiger partial charge in [0.05, 0.1) is 18.8 Å². The quantitative estimate of drug-likeness (QED) is 0.859. The molecule has 1 aliphatic heterocycles. The van der Waals surface area contributed by atoms with E-state index in [4.69, 9.17) is 4.74 Å². The van der Waals surface area contributed by atoms with Crippen LogP contribution in [-0.4, -0.2) is 48.6 Å². The van der Waals surface area contributed by atoms with E-state index in [9.17, 15) is 9.59 Å². The van der Waals surface area contributed by atoms with E-state index < -0.39 is 6.09 Å². The number of rotatable bonds is 4. The van der Waals surface area contributed by atoms with Gasteiger partial charge in [0.1, 0.15) is 0 Å². The molecule has 2 amide bonds. The van der Waals surface area contributed by atoms with Crippen LogP contribution < -0.4 is 10.6 Å². The van der Waals surface area contributed by atoms with Crippen molar-refractivity contribution in [2.75, 3.05) is 32.1 Å².